The lowest BCUT2D eigenvalue weighted by molar-refractivity contribution is 0.210. The monoisotopic (exact) mass is 272 g/mol. The molecule has 1 N–H and O–H groups in total. The van der Waals surface area contributed by atoms with E-state index in [0.29, 0.717) is 19.1 Å². The molecule has 20 heavy (non-hydrogen) atoms. The first kappa shape index (κ1) is 13.1. The number of ether oxygens (including phenoxy) is 1. The minimum absolute atomic E-state index is 0.648. The van der Waals surface area contributed by atoms with Crippen LogP contribution in [0, 0.1) is 0 Å². The van der Waals surface area contributed by atoms with Gasteiger partial charge in [-0.15, -0.1) is 0 Å². The summed E-state index contributed by atoms with van der Waals surface area (Å²) in [5.41, 5.74) is 0.990. The van der Waals surface area contributed by atoms with Gasteiger partial charge in [0, 0.05) is 32.1 Å². The van der Waals surface area contributed by atoms with Gasteiger partial charge in [0.15, 0.2) is 0 Å². The zero-order chi connectivity index (χ0) is 13.8. The van der Waals surface area contributed by atoms with E-state index in [1.54, 1.807) is 7.11 Å². The van der Waals surface area contributed by atoms with Gasteiger partial charge in [0.1, 0.15) is 5.82 Å². The lowest BCUT2D eigenvalue weighted by Crippen LogP contribution is -2.20. The Morgan fingerprint density at radius 1 is 1.20 bits per heavy atom. The quantitative estimate of drug-likeness (QED) is 0.846. The van der Waals surface area contributed by atoms with E-state index < -0.39 is 0 Å². The minimum atomic E-state index is 0.648. The van der Waals surface area contributed by atoms with Gasteiger partial charge in [0.05, 0.1) is 12.1 Å². The van der Waals surface area contributed by atoms with Gasteiger partial charge in [0.2, 0.25) is 5.95 Å². The molecule has 0 bridgehead atoms. The van der Waals surface area contributed by atoms with E-state index in [9.17, 15) is 0 Å². The molecule has 0 atom stereocenters. The van der Waals surface area contributed by atoms with E-state index in [2.05, 4.69) is 21.3 Å². The summed E-state index contributed by atoms with van der Waals surface area (Å²) in [4.78, 5) is 11.6. The van der Waals surface area contributed by atoms with Gasteiger partial charge in [-0.05, 0) is 25.0 Å². The van der Waals surface area contributed by atoms with Crippen LogP contribution in [0.2, 0.25) is 0 Å². The van der Waals surface area contributed by atoms with Crippen molar-refractivity contribution in [3.8, 4) is 0 Å². The number of rotatable bonds is 5. The number of fused-ring (bicyclic) bond motifs is 1. The van der Waals surface area contributed by atoms with Gasteiger partial charge in [0.25, 0.3) is 0 Å². The third-order valence-corrected chi connectivity index (χ3v) is 3.58. The van der Waals surface area contributed by atoms with E-state index in [1.165, 1.54) is 12.8 Å². The molecule has 1 aliphatic heterocycles. The molecule has 1 aromatic carbocycles. The predicted molar refractivity (Wildman–Crippen MR) is 81.4 cm³/mol. The summed E-state index contributed by atoms with van der Waals surface area (Å²) < 4.78 is 5.05. The van der Waals surface area contributed by atoms with Crippen LogP contribution in [0.15, 0.2) is 24.3 Å². The summed E-state index contributed by atoms with van der Waals surface area (Å²) in [7, 11) is 1.69. The molecule has 0 spiro atoms. The average molecular weight is 272 g/mol. The summed E-state index contributed by atoms with van der Waals surface area (Å²) in [6, 6.07) is 8.20. The lowest BCUT2D eigenvalue weighted by atomic mass is 10.2. The molecule has 0 unspecified atom stereocenters. The van der Waals surface area contributed by atoms with Gasteiger partial charge in [-0.3, -0.25) is 0 Å². The first-order chi connectivity index (χ1) is 9.88. The van der Waals surface area contributed by atoms with Crippen LogP contribution in [-0.4, -0.2) is 43.3 Å². The number of nitrogens with zero attached hydrogens (tertiary/aromatic N) is 3. The first-order valence-corrected chi connectivity index (χ1v) is 7.13. The van der Waals surface area contributed by atoms with E-state index in [1.807, 2.05) is 18.2 Å². The second-order valence-corrected chi connectivity index (χ2v) is 5.00. The second-order valence-electron chi connectivity index (χ2n) is 5.00. The Bertz CT molecular complexity index is 581. The van der Waals surface area contributed by atoms with E-state index in [4.69, 9.17) is 9.72 Å². The molecule has 5 heteroatoms. The number of anilines is 2. The van der Waals surface area contributed by atoms with Crippen molar-refractivity contribution in [2.45, 2.75) is 12.8 Å². The molecule has 1 saturated heterocycles. The minimum Gasteiger partial charge on any atom is -0.383 e. The van der Waals surface area contributed by atoms with Crippen molar-refractivity contribution < 1.29 is 4.74 Å². The van der Waals surface area contributed by atoms with Gasteiger partial charge in [-0.2, -0.15) is 4.98 Å². The predicted octanol–water partition coefficient (Wildman–Crippen LogP) is 2.29. The summed E-state index contributed by atoms with van der Waals surface area (Å²) in [6.07, 6.45) is 2.48. The maximum Gasteiger partial charge on any atom is 0.225 e. The summed E-state index contributed by atoms with van der Waals surface area (Å²) in [5, 5.41) is 4.36. The number of methoxy groups -OCH3 is 1. The van der Waals surface area contributed by atoms with Crippen molar-refractivity contribution in [3.05, 3.63) is 24.3 Å². The largest absolute Gasteiger partial charge is 0.383 e. The molecule has 106 valence electrons. The molecule has 2 aromatic rings. The van der Waals surface area contributed by atoms with Crippen molar-refractivity contribution in [1.82, 2.24) is 9.97 Å². The zero-order valence-electron chi connectivity index (χ0n) is 11.8. The number of hydrogen-bond donors (Lipinski definition) is 1. The molecule has 2 heterocycles. The highest BCUT2D eigenvalue weighted by Crippen LogP contribution is 2.27. The fourth-order valence-electron chi connectivity index (χ4n) is 2.57. The fraction of sp³-hybridized carbons (Fsp3) is 0.467. The summed E-state index contributed by atoms with van der Waals surface area (Å²) in [6.45, 7) is 3.53. The third kappa shape index (κ3) is 2.67. The van der Waals surface area contributed by atoms with Crippen molar-refractivity contribution in [3.63, 3.8) is 0 Å². The maximum absolute atomic E-state index is 5.05. The smallest absolute Gasteiger partial charge is 0.225 e. The lowest BCUT2D eigenvalue weighted by Gasteiger charge is -2.19. The fourth-order valence-corrected chi connectivity index (χ4v) is 2.57. The Morgan fingerprint density at radius 2 is 2.00 bits per heavy atom. The van der Waals surface area contributed by atoms with Gasteiger partial charge in [-0.25, -0.2) is 4.98 Å². The highest BCUT2D eigenvalue weighted by molar-refractivity contribution is 5.90. The van der Waals surface area contributed by atoms with Gasteiger partial charge in [-0.1, -0.05) is 12.1 Å². The van der Waals surface area contributed by atoms with Crippen molar-refractivity contribution >= 4 is 22.7 Å². The van der Waals surface area contributed by atoms with Crippen LogP contribution in [0.3, 0.4) is 0 Å². The normalized spacial score (nSPS) is 14.9. The average Bonchev–Trinajstić information content (AvgIpc) is 3.01. The molecule has 1 fully saturated rings. The molecular formula is C15H20N4O. The maximum atomic E-state index is 5.05. The third-order valence-electron chi connectivity index (χ3n) is 3.58. The van der Waals surface area contributed by atoms with Crippen LogP contribution >= 0.6 is 0 Å². The molecule has 3 rings (SSSR count). The Balaban J connectivity index is 1.96. The molecule has 0 amide bonds. The molecule has 1 aliphatic rings. The molecular weight excluding hydrogens is 252 g/mol. The van der Waals surface area contributed by atoms with Gasteiger partial charge < -0.3 is 15.0 Å². The van der Waals surface area contributed by atoms with E-state index in [0.717, 1.165) is 29.8 Å². The Kier molecular flexibility index (Phi) is 3.97. The zero-order valence-corrected chi connectivity index (χ0v) is 11.8. The van der Waals surface area contributed by atoms with Gasteiger partial charge >= 0.3 is 0 Å². The van der Waals surface area contributed by atoms with Crippen LogP contribution in [-0.2, 0) is 4.74 Å². The number of nitrogens with one attached hydrogen (secondary N) is 1. The van der Waals surface area contributed by atoms with Crippen LogP contribution in [0.5, 0.6) is 0 Å². The first-order valence-electron chi connectivity index (χ1n) is 7.13. The Hall–Kier alpha value is -1.88. The topological polar surface area (TPSA) is 50.3 Å². The second kappa shape index (κ2) is 6.05. The van der Waals surface area contributed by atoms with Crippen LogP contribution in [0.4, 0.5) is 11.8 Å². The SMILES string of the molecule is COCCNc1nc(N2CCCC2)c2ccccc2n1. The van der Waals surface area contributed by atoms with Crippen LogP contribution in [0.25, 0.3) is 10.9 Å². The van der Waals surface area contributed by atoms with E-state index in [-0.39, 0.29) is 0 Å². The van der Waals surface area contributed by atoms with Crippen molar-refractivity contribution in [1.29, 1.82) is 0 Å². The standard InChI is InChI=1S/C15H20N4O/c1-20-11-8-16-15-17-13-7-3-2-6-12(13)14(18-15)19-9-4-5-10-19/h2-3,6-7H,4-5,8-11H2,1H3,(H,16,17,18). The van der Waals surface area contributed by atoms with Crippen LogP contribution < -0.4 is 10.2 Å². The summed E-state index contributed by atoms with van der Waals surface area (Å²) >= 11 is 0. The van der Waals surface area contributed by atoms with Crippen molar-refractivity contribution in [2.24, 2.45) is 0 Å². The number of para-hydroxylation sites is 1. The summed E-state index contributed by atoms with van der Waals surface area (Å²) in [5.74, 6) is 1.73. The number of hydrogen-bond acceptors (Lipinski definition) is 5. The highest BCUT2D eigenvalue weighted by Gasteiger charge is 2.17. The molecule has 0 radical (unpaired) electrons. The van der Waals surface area contributed by atoms with Crippen molar-refractivity contribution in [2.75, 3.05) is 43.6 Å². The molecule has 1 aromatic heterocycles. The molecule has 0 saturated carbocycles. The molecule has 5 nitrogen and oxygen atoms in total. The Morgan fingerprint density at radius 3 is 2.80 bits per heavy atom. The molecule has 0 aliphatic carbocycles. The van der Waals surface area contributed by atoms with E-state index >= 15 is 0 Å². The number of aromatic nitrogens is 2. The number of benzene rings is 1. The van der Waals surface area contributed by atoms with Crippen LogP contribution in [0.1, 0.15) is 12.8 Å². The highest BCUT2D eigenvalue weighted by atomic mass is 16.5. The Labute approximate surface area is 119 Å².